The predicted octanol–water partition coefficient (Wildman–Crippen LogP) is 3.26. The maximum absolute atomic E-state index is 10.8. The molecule has 3 rings (SSSR count). The minimum Gasteiger partial charge on any atom is -0.379 e. The van der Waals surface area contributed by atoms with Gasteiger partial charge in [0, 0.05) is 37.5 Å². The van der Waals surface area contributed by atoms with Crippen molar-refractivity contribution in [3.05, 3.63) is 69.8 Å². The van der Waals surface area contributed by atoms with E-state index < -0.39 is 4.92 Å². The number of nitrogens with zero attached hydrogens (tertiary/aromatic N) is 2. The van der Waals surface area contributed by atoms with E-state index in [1.165, 1.54) is 17.7 Å². The van der Waals surface area contributed by atoms with Crippen molar-refractivity contribution < 1.29 is 9.66 Å². The van der Waals surface area contributed by atoms with Crippen LogP contribution in [0.15, 0.2) is 48.5 Å². The smallest absolute Gasteiger partial charge is 0.269 e. The minimum absolute atomic E-state index is 0.0248. The number of morpholine rings is 1. The number of nitrogens with one attached hydrogen (secondary N) is 2. The fraction of sp³-hybridized carbons (Fsp3) is 0.350. The van der Waals surface area contributed by atoms with E-state index in [0.717, 1.165) is 38.4 Å². The van der Waals surface area contributed by atoms with E-state index >= 15 is 0 Å². The number of aryl methyl sites for hydroxylation is 1. The number of thiocarbonyl (C=S) groups is 1. The molecule has 0 radical (unpaired) electrons. The maximum Gasteiger partial charge on any atom is 0.269 e. The summed E-state index contributed by atoms with van der Waals surface area (Å²) in [5.74, 6) is 0. The minimum atomic E-state index is -0.421. The van der Waals surface area contributed by atoms with Crippen LogP contribution in [0.25, 0.3) is 0 Å². The molecule has 1 fully saturated rings. The normalized spacial score (nSPS) is 15.6. The second-order valence-electron chi connectivity index (χ2n) is 6.78. The summed E-state index contributed by atoms with van der Waals surface area (Å²) in [5, 5.41) is 17.8. The molecular formula is C20H24N4O3S. The molecule has 1 saturated heterocycles. The van der Waals surface area contributed by atoms with Crippen LogP contribution in [0.3, 0.4) is 0 Å². The summed E-state index contributed by atoms with van der Waals surface area (Å²) in [7, 11) is 0. The molecule has 2 N–H and O–H groups in total. The quantitative estimate of drug-likeness (QED) is 0.438. The molecule has 1 heterocycles. The van der Waals surface area contributed by atoms with Crippen molar-refractivity contribution >= 4 is 28.7 Å². The summed E-state index contributed by atoms with van der Waals surface area (Å²) < 4.78 is 5.44. The van der Waals surface area contributed by atoms with Gasteiger partial charge in [-0.2, -0.15) is 0 Å². The first-order chi connectivity index (χ1) is 13.5. The van der Waals surface area contributed by atoms with Crippen LogP contribution >= 0.6 is 12.2 Å². The Labute approximate surface area is 169 Å². The van der Waals surface area contributed by atoms with Gasteiger partial charge in [0.1, 0.15) is 0 Å². The fourth-order valence-electron chi connectivity index (χ4n) is 3.07. The lowest BCUT2D eigenvalue weighted by molar-refractivity contribution is -0.384. The van der Waals surface area contributed by atoms with Gasteiger partial charge in [-0.25, -0.2) is 0 Å². The Morgan fingerprint density at radius 1 is 1.18 bits per heavy atom. The topological polar surface area (TPSA) is 79.7 Å². The summed E-state index contributed by atoms with van der Waals surface area (Å²) in [4.78, 5) is 12.7. The predicted molar refractivity (Wildman–Crippen MR) is 114 cm³/mol. The van der Waals surface area contributed by atoms with E-state index in [2.05, 4.69) is 46.7 Å². The van der Waals surface area contributed by atoms with Crippen molar-refractivity contribution in [3.63, 3.8) is 0 Å². The molecule has 0 unspecified atom stereocenters. The first-order valence-corrected chi connectivity index (χ1v) is 9.61. The number of nitro groups is 1. The molecule has 2 aromatic rings. The molecule has 1 aliphatic heterocycles. The van der Waals surface area contributed by atoms with Crippen LogP contribution in [0.1, 0.15) is 17.2 Å². The van der Waals surface area contributed by atoms with Gasteiger partial charge >= 0.3 is 0 Å². The molecule has 0 aliphatic carbocycles. The zero-order valence-electron chi connectivity index (χ0n) is 15.8. The van der Waals surface area contributed by atoms with E-state index in [1.54, 1.807) is 12.1 Å². The van der Waals surface area contributed by atoms with Crippen molar-refractivity contribution in [3.8, 4) is 0 Å². The van der Waals surface area contributed by atoms with Crippen molar-refractivity contribution in [2.24, 2.45) is 0 Å². The first-order valence-electron chi connectivity index (χ1n) is 9.20. The van der Waals surface area contributed by atoms with Gasteiger partial charge in [0.15, 0.2) is 5.11 Å². The molecule has 2 aromatic carbocycles. The van der Waals surface area contributed by atoms with Crippen LogP contribution in [-0.2, 0) is 4.74 Å². The number of nitro benzene ring substituents is 1. The Morgan fingerprint density at radius 3 is 2.43 bits per heavy atom. The molecule has 0 amide bonds. The van der Waals surface area contributed by atoms with Crippen LogP contribution in [0.5, 0.6) is 0 Å². The average Bonchev–Trinajstić information content (AvgIpc) is 2.69. The number of non-ortho nitro benzene ring substituents is 1. The Hall–Kier alpha value is -2.55. The molecule has 7 nitrogen and oxygen atoms in total. The monoisotopic (exact) mass is 400 g/mol. The molecule has 1 atom stereocenters. The highest BCUT2D eigenvalue weighted by molar-refractivity contribution is 7.80. The summed E-state index contributed by atoms with van der Waals surface area (Å²) in [6.07, 6.45) is 0. The zero-order chi connectivity index (χ0) is 19.9. The van der Waals surface area contributed by atoms with Gasteiger partial charge in [0.2, 0.25) is 0 Å². The molecule has 28 heavy (non-hydrogen) atoms. The van der Waals surface area contributed by atoms with Gasteiger partial charge < -0.3 is 15.4 Å². The number of benzene rings is 2. The van der Waals surface area contributed by atoms with Crippen molar-refractivity contribution in [2.45, 2.75) is 13.0 Å². The second kappa shape index (κ2) is 9.59. The first kappa shape index (κ1) is 20.2. The van der Waals surface area contributed by atoms with Crippen molar-refractivity contribution in [1.82, 2.24) is 10.2 Å². The number of rotatable bonds is 6. The van der Waals surface area contributed by atoms with Crippen LogP contribution in [0.2, 0.25) is 0 Å². The standard InChI is InChI=1S/C20H24N4O3S/c1-15-2-4-16(5-3-15)19(14-23-10-12-27-13-11-23)22-20(28)21-17-6-8-18(9-7-17)24(25)26/h2-9,19H,10-14H2,1H3,(H2,21,22,28)/t19-/m0/s1. The molecule has 0 spiro atoms. The molecule has 1 aliphatic rings. The third kappa shape index (κ3) is 5.72. The molecule has 8 heteroatoms. The van der Waals surface area contributed by atoms with Gasteiger partial charge in [-0.3, -0.25) is 15.0 Å². The summed E-state index contributed by atoms with van der Waals surface area (Å²) in [6.45, 7) is 6.15. The summed E-state index contributed by atoms with van der Waals surface area (Å²) in [6, 6.07) is 14.6. The van der Waals surface area contributed by atoms with Crippen LogP contribution in [-0.4, -0.2) is 47.8 Å². The highest BCUT2D eigenvalue weighted by atomic mass is 32.1. The zero-order valence-corrected chi connectivity index (χ0v) is 16.6. The van der Waals surface area contributed by atoms with Crippen LogP contribution < -0.4 is 10.6 Å². The summed E-state index contributed by atoms with van der Waals surface area (Å²) >= 11 is 5.49. The second-order valence-corrected chi connectivity index (χ2v) is 7.19. The largest absolute Gasteiger partial charge is 0.379 e. The number of anilines is 1. The third-order valence-corrected chi connectivity index (χ3v) is 4.89. The van der Waals surface area contributed by atoms with E-state index in [0.29, 0.717) is 10.8 Å². The Balaban J connectivity index is 1.67. The Kier molecular flexibility index (Phi) is 6.91. The highest BCUT2D eigenvalue weighted by Crippen LogP contribution is 2.18. The fourth-order valence-corrected chi connectivity index (χ4v) is 3.33. The molecule has 0 aromatic heterocycles. The number of ether oxygens (including phenoxy) is 1. The molecule has 0 bridgehead atoms. The summed E-state index contributed by atoms with van der Waals surface area (Å²) in [5.41, 5.74) is 3.12. The average molecular weight is 401 g/mol. The van der Waals surface area contributed by atoms with Gasteiger partial charge in [0.05, 0.1) is 24.2 Å². The van der Waals surface area contributed by atoms with Gasteiger partial charge in [0.25, 0.3) is 5.69 Å². The van der Waals surface area contributed by atoms with Crippen molar-refractivity contribution in [1.29, 1.82) is 0 Å². The Morgan fingerprint density at radius 2 is 1.82 bits per heavy atom. The lowest BCUT2D eigenvalue weighted by Gasteiger charge is -2.31. The maximum atomic E-state index is 10.8. The van der Waals surface area contributed by atoms with Gasteiger partial charge in [-0.1, -0.05) is 29.8 Å². The van der Waals surface area contributed by atoms with E-state index in [-0.39, 0.29) is 11.7 Å². The van der Waals surface area contributed by atoms with Gasteiger partial charge in [-0.15, -0.1) is 0 Å². The van der Waals surface area contributed by atoms with Gasteiger partial charge in [-0.05, 0) is 36.8 Å². The lowest BCUT2D eigenvalue weighted by Crippen LogP contribution is -2.44. The number of hydrogen-bond donors (Lipinski definition) is 2. The lowest BCUT2D eigenvalue weighted by atomic mass is 10.0. The molecule has 148 valence electrons. The van der Waals surface area contributed by atoms with Crippen molar-refractivity contribution in [2.75, 3.05) is 38.2 Å². The van der Waals surface area contributed by atoms with E-state index in [9.17, 15) is 10.1 Å². The van der Waals surface area contributed by atoms with Crippen LogP contribution in [0, 0.1) is 17.0 Å². The number of hydrogen-bond acceptors (Lipinski definition) is 5. The molecule has 0 saturated carbocycles. The Bertz CT molecular complexity index is 805. The molecular weight excluding hydrogens is 376 g/mol. The SMILES string of the molecule is Cc1ccc([C@H](CN2CCOCC2)NC(=S)Nc2ccc([N+](=O)[O-])cc2)cc1. The highest BCUT2D eigenvalue weighted by Gasteiger charge is 2.19. The van der Waals surface area contributed by atoms with E-state index in [1.807, 2.05) is 0 Å². The van der Waals surface area contributed by atoms with Crippen LogP contribution in [0.4, 0.5) is 11.4 Å². The van der Waals surface area contributed by atoms with E-state index in [4.69, 9.17) is 17.0 Å². The third-order valence-electron chi connectivity index (χ3n) is 4.67.